The van der Waals surface area contributed by atoms with Gasteiger partial charge in [-0.05, 0) is 61.6 Å². The molecule has 1 fully saturated rings. The van der Waals surface area contributed by atoms with Crippen molar-refractivity contribution in [2.45, 2.75) is 38.6 Å². The Labute approximate surface area is 158 Å². The Balaban J connectivity index is 1.57. The number of nitrogens with zero attached hydrogens (tertiary/aromatic N) is 1. The van der Waals surface area contributed by atoms with Crippen molar-refractivity contribution in [3.05, 3.63) is 64.1 Å². The lowest BCUT2D eigenvalue weighted by Crippen LogP contribution is -2.30. The molecule has 1 heterocycles. The van der Waals surface area contributed by atoms with E-state index in [9.17, 15) is 4.79 Å². The number of hydrogen-bond donors (Lipinski definition) is 1. The van der Waals surface area contributed by atoms with Crippen LogP contribution in [0.2, 0.25) is 0 Å². The van der Waals surface area contributed by atoms with E-state index < -0.39 is 0 Å². The normalized spacial score (nSPS) is 15.7. The molecular formula is C21H25BrN2O. The van der Waals surface area contributed by atoms with E-state index >= 15 is 0 Å². The smallest absolute Gasteiger partial charge is 0.224 e. The number of piperidine rings is 1. The van der Waals surface area contributed by atoms with Crippen LogP contribution in [0, 0.1) is 0 Å². The maximum absolute atomic E-state index is 12.3. The first kappa shape index (κ1) is 18.0. The van der Waals surface area contributed by atoms with Gasteiger partial charge in [0.15, 0.2) is 0 Å². The Morgan fingerprint density at radius 2 is 1.84 bits per heavy atom. The van der Waals surface area contributed by atoms with Crippen molar-refractivity contribution >= 4 is 27.5 Å². The van der Waals surface area contributed by atoms with Gasteiger partial charge in [0, 0.05) is 23.2 Å². The zero-order chi connectivity index (χ0) is 17.6. The zero-order valence-electron chi connectivity index (χ0n) is 14.7. The minimum absolute atomic E-state index is 0.00931. The highest BCUT2D eigenvalue weighted by Gasteiger charge is 2.13. The quantitative estimate of drug-likeness (QED) is 0.776. The largest absolute Gasteiger partial charge is 0.372 e. The fourth-order valence-electron chi connectivity index (χ4n) is 3.33. The van der Waals surface area contributed by atoms with Crippen molar-refractivity contribution in [2.24, 2.45) is 0 Å². The molecule has 0 spiro atoms. The van der Waals surface area contributed by atoms with E-state index in [2.05, 4.69) is 50.4 Å². The summed E-state index contributed by atoms with van der Waals surface area (Å²) in [4.78, 5) is 14.7. The highest BCUT2D eigenvalue weighted by Crippen LogP contribution is 2.22. The molecule has 132 valence electrons. The van der Waals surface area contributed by atoms with E-state index in [1.807, 2.05) is 31.2 Å². The summed E-state index contributed by atoms with van der Waals surface area (Å²) in [5.74, 6) is 0.0470. The van der Waals surface area contributed by atoms with Gasteiger partial charge in [-0.1, -0.05) is 40.2 Å². The van der Waals surface area contributed by atoms with E-state index in [0.717, 1.165) is 28.7 Å². The van der Waals surface area contributed by atoms with Crippen molar-refractivity contribution < 1.29 is 4.79 Å². The molecule has 3 rings (SSSR count). The summed E-state index contributed by atoms with van der Waals surface area (Å²) in [6.07, 6.45) is 4.30. The number of anilines is 1. The van der Waals surface area contributed by atoms with Crippen LogP contribution in [0.15, 0.2) is 53.0 Å². The van der Waals surface area contributed by atoms with Crippen LogP contribution in [0.4, 0.5) is 5.69 Å². The number of carbonyl (C=O) groups excluding carboxylic acids is 1. The summed E-state index contributed by atoms with van der Waals surface area (Å²) in [6.45, 7) is 4.34. The monoisotopic (exact) mass is 400 g/mol. The lowest BCUT2D eigenvalue weighted by molar-refractivity contribution is -0.121. The number of rotatable bonds is 5. The fraction of sp³-hybridized carbons (Fsp3) is 0.381. The highest BCUT2D eigenvalue weighted by molar-refractivity contribution is 9.10. The third-order valence-corrected chi connectivity index (χ3v) is 5.24. The average molecular weight is 401 g/mol. The van der Waals surface area contributed by atoms with Gasteiger partial charge in [-0.15, -0.1) is 0 Å². The standard InChI is InChI=1S/C21H25BrN2O/c1-16(23-21(25)15-17-6-5-7-19(22)14-17)18-8-10-20(11-9-18)24-12-3-2-4-13-24/h5-11,14,16H,2-4,12-13,15H2,1H3,(H,23,25). The molecule has 1 atom stereocenters. The van der Waals surface area contributed by atoms with E-state index in [-0.39, 0.29) is 11.9 Å². The fourth-order valence-corrected chi connectivity index (χ4v) is 3.78. The first-order valence-corrected chi connectivity index (χ1v) is 9.80. The van der Waals surface area contributed by atoms with Crippen LogP contribution in [0.3, 0.4) is 0 Å². The molecule has 1 unspecified atom stereocenters. The minimum Gasteiger partial charge on any atom is -0.372 e. The minimum atomic E-state index is 0.00931. The second-order valence-electron chi connectivity index (χ2n) is 6.74. The first-order valence-electron chi connectivity index (χ1n) is 9.00. The molecule has 0 aromatic heterocycles. The molecule has 2 aromatic rings. The topological polar surface area (TPSA) is 32.3 Å². The molecule has 1 aliphatic heterocycles. The summed E-state index contributed by atoms with van der Waals surface area (Å²) < 4.78 is 0.999. The van der Waals surface area contributed by atoms with E-state index in [1.165, 1.54) is 24.9 Å². The predicted octanol–water partition coefficient (Wildman–Crippen LogP) is 4.86. The van der Waals surface area contributed by atoms with Crippen LogP contribution in [0.5, 0.6) is 0 Å². The lowest BCUT2D eigenvalue weighted by atomic mass is 10.1. The van der Waals surface area contributed by atoms with Crippen LogP contribution in [0.1, 0.15) is 43.4 Å². The molecule has 1 saturated heterocycles. The number of hydrogen-bond acceptors (Lipinski definition) is 2. The molecule has 0 radical (unpaired) electrons. The lowest BCUT2D eigenvalue weighted by Gasteiger charge is -2.29. The predicted molar refractivity (Wildman–Crippen MR) is 107 cm³/mol. The molecule has 25 heavy (non-hydrogen) atoms. The molecule has 1 N–H and O–H groups in total. The molecule has 1 amide bonds. The molecule has 0 saturated carbocycles. The van der Waals surface area contributed by atoms with Gasteiger partial charge < -0.3 is 10.2 Å². The van der Waals surface area contributed by atoms with Gasteiger partial charge in [0.05, 0.1) is 12.5 Å². The molecular weight excluding hydrogens is 376 g/mol. The summed E-state index contributed by atoms with van der Waals surface area (Å²) in [5, 5.41) is 3.10. The van der Waals surface area contributed by atoms with Gasteiger partial charge >= 0.3 is 0 Å². The summed E-state index contributed by atoms with van der Waals surface area (Å²) in [7, 11) is 0. The molecule has 3 nitrogen and oxygen atoms in total. The van der Waals surface area contributed by atoms with Gasteiger partial charge in [-0.2, -0.15) is 0 Å². The van der Waals surface area contributed by atoms with Crippen molar-refractivity contribution in [2.75, 3.05) is 18.0 Å². The van der Waals surface area contributed by atoms with Gasteiger partial charge in [0.2, 0.25) is 5.91 Å². The van der Waals surface area contributed by atoms with Crippen LogP contribution in [0.25, 0.3) is 0 Å². The second-order valence-corrected chi connectivity index (χ2v) is 7.65. The molecule has 4 heteroatoms. The average Bonchev–Trinajstić information content (AvgIpc) is 2.62. The van der Waals surface area contributed by atoms with Crippen LogP contribution in [-0.2, 0) is 11.2 Å². The third-order valence-electron chi connectivity index (χ3n) is 4.75. The Kier molecular flexibility index (Phi) is 6.14. The number of carbonyl (C=O) groups is 1. The molecule has 0 aliphatic carbocycles. The SMILES string of the molecule is CC(NC(=O)Cc1cccc(Br)c1)c1ccc(N2CCCCC2)cc1. The van der Waals surface area contributed by atoms with Crippen molar-refractivity contribution in [1.29, 1.82) is 0 Å². The van der Waals surface area contributed by atoms with Crippen molar-refractivity contribution in [3.63, 3.8) is 0 Å². The maximum Gasteiger partial charge on any atom is 0.224 e. The van der Waals surface area contributed by atoms with Crippen molar-refractivity contribution in [1.82, 2.24) is 5.32 Å². The Morgan fingerprint density at radius 3 is 2.52 bits per heavy atom. The molecule has 1 aliphatic rings. The van der Waals surface area contributed by atoms with E-state index in [0.29, 0.717) is 6.42 Å². The van der Waals surface area contributed by atoms with Gasteiger partial charge in [0.1, 0.15) is 0 Å². The summed E-state index contributed by atoms with van der Waals surface area (Å²) in [5.41, 5.74) is 3.44. The third kappa shape index (κ3) is 5.08. The Bertz CT molecular complexity index is 708. The summed E-state index contributed by atoms with van der Waals surface area (Å²) in [6, 6.07) is 16.5. The Morgan fingerprint density at radius 1 is 1.12 bits per heavy atom. The van der Waals surface area contributed by atoms with Gasteiger partial charge in [0.25, 0.3) is 0 Å². The number of amides is 1. The second kappa shape index (κ2) is 8.52. The van der Waals surface area contributed by atoms with E-state index in [1.54, 1.807) is 0 Å². The van der Waals surface area contributed by atoms with Crippen LogP contribution < -0.4 is 10.2 Å². The number of nitrogens with one attached hydrogen (secondary N) is 1. The number of benzene rings is 2. The van der Waals surface area contributed by atoms with Crippen LogP contribution >= 0.6 is 15.9 Å². The van der Waals surface area contributed by atoms with Gasteiger partial charge in [-0.25, -0.2) is 0 Å². The van der Waals surface area contributed by atoms with Crippen molar-refractivity contribution in [3.8, 4) is 0 Å². The summed E-state index contributed by atoms with van der Waals surface area (Å²) >= 11 is 3.44. The highest BCUT2D eigenvalue weighted by atomic mass is 79.9. The van der Waals surface area contributed by atoms with Crippen LogP contribution in [-0.4, -0.2) is 19.0 Å². The molecule has 0 bridgehead atoms. The van der Waals surface area contributed by atoms with Gasteiger partial charge in [-0.3, -0.25) is 4.79 Å². The zero-order valence-corrected chi connectivity index (χ0v) is 16.3. The van der Waals surface area contributed by atoms with E-state index in [4.69, 9.17) is 0 Å². The Hall–Kier alpha value is -1.81. The first-order chi connectivity index (χ1) is 12.1. The molecule has 2 aromatic carbocycles. The maximum atomic E-state index is 12.3. The number of halogens is 1.